The normalized spacial score (nSPS) is 22.9. The Morgan fingerprint density at radius 2 is 1.83 bits per heavy atom. The highest BCUT2D eigenvalue weighted by molar-refractivity contribution is 5.79. The first-order valence-corrected chi connectivity index (χ1v) is 10.8. The van der Waals surface area contributed by atoms with Crippen LogP contribution in [0, 0.1) is 11.8 Å². The number of nitrogens with one attached hydrogen (secondary N) is 1. The van der Waals surface area contributed by atoms with E-state index in [1.807, 2.05) is 36.4 Å². The van der Waals surface area contributed by atoms with Gasteiger partial charge in [0.2, 0.25) is 11.8 Å². The molecular formula is C23H30N4O2. The maximum atomic E-state index is 12.7. The Kier molecular flexibility index (Phi) is 6.27. The molecular weight excluding hydrogens is 364 g/mol. The van der Waals surface area contributed by atoms with Gasteiger partial charge in [-0.2, -0.15) is 0 Å². The van der Waals surface area contributed by atoms with E-state index in [0.717, 1.165) is 43.9 Å². The molecule has 1 aliphatic carbocycles. The topological polar surface area (TPSA) is 67.4 Å². The summed E-state index contributed by atoms with van der Waals surface area (Å²) in [5, 5.41) is 3.33. The summed E-state index contributed by atoms with van der Waals surface area (Å²) in [6, 6.07) is 11.8. The van der Waals surface area contributed by atoms with Gasteiger partial charge in [0.15, 0.2) is 0 Å². The van der Waals surface area contributed by atoms with Crippen molar-refractivity contribution in [3.05, 3.63) is 42.7 Å². The van der Waals surface area contributed by atoms with E-state index in [1.165, 1.54) is 25.6 Å². The van der Waals surface area contributed by atoms with Gasteiger partial charge in [0.1, 0.15) is 17.9 Å². The fraction of sp³-hybridized carbons (Fsp3) is 0.522. The minimum absolute atomic E-state index is 0.0993. The summed E-state index contributed by atoms with van der Waals surface area (Å²) in [7, 11) is 0. The van der Waals surface area contributed by atoms with Crippen molar-refractivity contribution in [3.8, 4) is 11.6 Å². The number of rotatable bonds is 5. The van der Waals surface area contributed by atoms with E-state index in [9.17, 15) is 4.79 Å². The van der Waals surface area contributed by atoms with Gasteiger partial charge in [0.25, 0.3) is 0 Å². The molecule has 1 aliphatic heterocycles. The van der Waals surface area contributed by atoms with E-state index in [0.29, 0.717) is 17.8 Å². The van der Waals surface area contributed by atoms with E-state index < -0.39 is 0 Å². The van der Waals surface area contributed by atoms with E-state index in [1.54, 1.807) is 0 Å². The number of piperidine rings is 1. The highest BCUT2D eigenvalue weighted by atomic mass is 16.5. The van der Waals surface area contributed by atoms with Crippen LogP contribution in [0.15, 0.2) is 42.7 Å². The minimum atomic E-state index is 0.0993. The zero-order valence-electron chi connectivity index (χ0n) is 17.1. The van der Waals surface area contributed by atoms with Crippen molar-refractivity contribution in [1.29, 1.82) is 0 Å². The Morgan fingerprint density at radius 1 is 1.07 bits per heavy atom. The zero-order valence-corrected chi connectivity index (χ0v) is 17.1. The predicted octanol–water partition coefficient (Wildman–Crippen LogP) is 4.18. The quantitative estimate of drug-likeness (QED) is 0.824. The summed E-state index contributed by atoms with van der Waals surface area (Å²) in [5.74, 6) is 3.07. The predicted molar refractivity (Wildman–Crippen MR) is 113 cm³/mol. The van der Waals surface area contributed by atoms with Crippen molar-refractivity contribution < 1.29 is 9.53 Å². The number of hydrogen-bond donors (Lipinski definition) is 1. The largest absolute Gasteiger partial charge is 0.439 e. The maximum Gasteiger partial charge on any atom is 0.224 e. The molecule has 29 heavy (non-hydrogen) atoms. The van der Waals surface area contributed by atoms with Gasteiger partial charge in [-0.3, -0.25) is 4.79 Å². The van der Waals surface area contributed by atoms with Gasteiger partial charge in [-0.15, -0.1) is 0 Å². The molecule has 0 bridgehead atoms. The van der Waals surface area contributed by atoms with Crippen LogP contribution >= 0.6 is 0 Å². The van der Waals surface area contributed by atoms with Crippen LogP contribution < -0.4 is 15.0 Å². The Hall–Kier alpha value is -2.63. The number of aromatic nitrogens is 2. The number of hydrogen-bond acceptors (Lipinski definition) is 5. The summed E-state index contributed by atoms with van der Waals surface area (Å²) >= 11 is 0. The first-order chi connectivity index (χ1) is 14.2. The third-order valence-corrected chi connectivity index (χ3v) is 6.22. The number of ether oxygens (including phenoxy) is 1. The van der Waals surface area contributed by atoms with Gasteiger partial charge in [0.05, 0.1) is 0 Å². The van der Waals surface area contributed by atoms with Gasteiger partial charge in [-0.25, -0.2) is 9.97 Å². The van der Waals surface area contributed by atoms with Crippen LogP contribution in [0.2, 0.25) is 0 Å². The molecule has 2 fully saturated rings. The van der Waals surface area contributed by atoms with Gasteiger partial charge in [-0.1, -0.05) is 38.0 Å². The molecule has 154 valence electrons. The van der Waals surface area contributed by atoms with Gasteiger partial charge in [0, 0.05) is 31.1 Å². The van der Waals surface area contributed by atoms with E-state index in [4.69, 9.17) is 4.74 Å². The van der Waals surface area contributed by atoms with Crippen molar-refractivity contribution in [2.75, 3.05) is 18.0 Å². The van der Waals surface area contributed by atoms with Gasteiger partial charge in [-0.05, 0) is 43.7 Å². The average Bonchev–Trinajstić information content (AvgIpc) is 2.76. The third kappa shape index (κ3) is 5.05. The number of anilines is 1. The second-order valence-corrected chi connectivity index (χ2v) is 8.27. The Morgan fingerprint density at radius 3 is 2.59 bits per heavy atom. The third-order valence-electron chi connectivity index (χ3n) is 6.22. The van der Waals surface area contributed by atoms with Crippen LogP contribution in [0.5, 0.6) is 11.6 Å². The number of amides is 1. The van der Waals surface area contributed by atoms with E-state index >= 15 is 0 Å². The van der Waals surface area contributed by atoms with Crippen LogP contribution in [-0.4, -0.2) is 35.0 Å². The second-order valence-electron chi connectivity index (χ2n) is 8.27. The first-order valence-electron chi connectivity index (χ1n) is 10.8. The number of nitrogens with zero attached hydrogens (tertiary/aromatic N) is 3. The van der Waals surface area contributed by atoms with Crippen molar-refractivity contribution in [2.45, 2.75) is 51.5 Å². The standard InChI is InChI=1S/C23H30N4O2/c1-17-7-5-6-10-20(17)26-23(28)18-11-13-27(14-12-18)21-15-22(25-16-24-21)29-19-8-3-2-4-9-19/h2-4,8-9,15-18,20H,5-7,10-14H2,1H3,(H,26,28)/t17-,20+/m1/s1. The number of benzene rings is 1. The molecule has 2 heterocycles. The summed E-state index contributed by atoms with van der Waals surface area (Å²) in [6.07, 6.45) is 8.12. The lowest BCUT2D eigenvalue weighted by Crippen LogP contribution is -2.46. The average molecular weight is 395 g/mol. The monoisotopic (exact) mass is 394 g/mol. The molecule has 1 saturated carbocycles. The smallest absolute Gasteiger partial charge is 0.224 e. The molecule has 2 atom stereocenters. The molecule has 0 radical (unpaired) electrons. The van der Waals surface area contributed by atoms with Crippen LogP contribution in [0.25, 0.3) is 0 Å². The lowest BCUT2D eigenvalue weighted by atomic mass is 9.85. The molecule has 6 nitrogen and oxygen atoms in total. The molecule has 0 unspecified atom stereocenters. The van der Waals surface area contributed by atoms with Crippen molar-refractivity contribution in [2.24, 2.45) is 11.8 Å². The van der Waals surface area contributed by atoms with Crippen molar-refractivity contribution >= 4 is 11.7 Å². The highest BCUT2D eigenvalue weighted by Gasteiger charge is 2.29. The lowest BCUT2D eigenvalue weighted by Gasteiger charge is -2.35. The van der Waals surface area contributed by atoms with Gasteiger partial charge < -0.3 is 15.0 Å². The first kappa shape index (κ1) is 19.7. The summed E-state index contributed by atoms with van der Waals surface area (Å²) in [5.41, 5.74) is 0. The second kappa shape index (κ2) is 9.25. The molecule has 2 aromatic rings. The molecule has 1 saturated heterocycles. The zero-order chi connectivity index (χ0) is 20.1. The summed E-state index contributed by atoms with van der Waals surface area (Å²) in [4.78, 5) is 23.6. The summed E-state index contributed by atoms with van der Waals surface area (Å²) < 4.78 is 5.82. The molecule has 1 amide bonds. The molecule has 2 aliphatic rings. The van der Waals surface area contributed by atoms with Crippen LogP contribution in [-0.2, 0) is 4.79 Å². The Labute approximate surface area is 172 Å². The van der Waals surface area contributed by atoms with Crippen molar-refractivity contribution in [3.63, 3.8) is 0 Å². The minimum Gasteiger partial charge on any atom is -0.439 e. The Balaban J connectivity index is 1.31. The maximum absolute atomic E-state index is 12.7. The molecule has 6 heteroatoms. The SMILES string of the molecule is C[C@@H]1CCCC[C@@H]1NC(=O)C1CCN(c2cc(Oc3ccccc3)ncn2)CC1. The molecule has 1 aromatic carbocycles. The van der Waals surface area contributed by atoms with Crippen LogP contribution in [0.1, 0.15) is 45.4 Å². The molecule has 1 aromatic heterocycles. The number of carbonyl (C=O) groups is 1. The molecule has 0 spiro atoms. The van der Waals surface area contributed by atoms with Crippen molar-refractivity contribution in [1.82, 2.24) is 15.3 Å². The fourth-order valence-electron chi connectivity index (χ4n) is 4.37. The molecule has 1 N–H and O–H groups in total. The number of para-hydroxylation sites is 1. The number of carbonyl (C=O) groups excluding carboxylic acids is 1. The highest BCUT2D eigenvalue weighted by Crippen LogP contribution is 2.27. The lowest BCUT2D eigenvalue weighted by molar-refractivity contribution is -0.126. The van der Waals surface area contributed by atoms with Crippen LogP contribution in [0.4, 0.5) is 5.82 Å². The Bertz CT molecular complexity index is 806. The van der Waals surface area contributed by atoms with E-state index in [-0.39, 0.29) is 11.8 Å². The van der Waals surface area contributed by atoms with E-state index in [2.05, 4.69) is 27.1 Å². The molecule has 4 rings (SSSR count). The summed E-state index contributed by atoms with van der Waals surface area (Å²) in [6.45, 7) is 3.90. The van der Waals surface area contributed by atoms with Gasteiger partial charge >= 0.3 is 0 Å². The fourth-order valence-corrected chi connectivity index (χ4v) is 4.37. The van der Waals surface area contributed by atoms with Crippen LogP contribution in [0.3, 0.4) is 0 Å².